The molecule has 9 heteroatoms. The van der Waals surface area contributed by atoms with E-state index in [0.717, 1.165) is 37.4 Å². The van der Waals surface area contributed by atoms with Gasteiger partial charge in [-0.15, -0.1) is 0 Å². The Kier molecular flexibility index (Phi) is 6.13. The van der Waals surface area contributed by atoms with Crippen LogP contribution in [0.3, 0.4) is 0 Å². The van der Waals surface area contributed by atoms with Crippen LogP contribution in [0, 0.1) is 5.82 Å². The van der Waals surface area contributed by atoms with Crippen molar-refractivity contribution in [3.63, 3.8) is 0 Å². The Bertz CT molecular complexity index is 1050. The highest BCUT2D eigenvalue weighted by Gasteiger charge is 2.26. The lowest BCUT2D eigenvalue weighted by molar-refractivity contribution is 0.100. The minimum absolute atomic E-state index is 0.00936. The molecule has 4 rings (SSSR count). The lowest BCUT2D eigenvalue weighted by Crippen LogP contribution is -2.45. The molecular formula is C22H26FN7O. The summed E-state index contributed by atoms with van der Waals surface area (Å²) in [5.41, 5.74) is 7.05. The van der Waals surface area contributed by atoms with Gasteiger partial charge in [-0.2, -0.15) is 0 Å². The molecule has 1 amide bonds. The molecule has 2 aromatic heterocycles. The van der Waals surface area contributed by atoms with Crippen LogP contribution in [0.15, 0.2) is 49.1 Å². The second-order valence-electron chi connectivity index (χ2n) is 7.65. The zero-order chi connectivity index (χ0) is 21.8. The van der Waals surface area contributed by atoms with Crippen LogP contribution in [0.4, 0.5) is 21.7 Å². The van der Waals surface area contributed by atoms with Gasteiger partial charge < -0.3 is 26.3 Å². The Balaban J connectivity index is 1.64. The average Bonchev–Trinajstić information content (AvgIpc) is 3.31. The Morgan fingerprint density at radius 2 is 2.00 bits per heavy atom. The number of anilines is 3. The number of nitrogens with two attached hydrogens (primary N) is 1. The molecular weight excluding hydrogens is 397 g/mol. The van der Waals surface area contributed by atoms with E-state index in [1.54, 1.807) is 12.5 Å². The predicted molar refractivity (Wildman–Crippen MR) is 118 cm³/mol. The first kappa shape index (κ1) is 20.8. The summed E-state index contributed by atoms with van der Waals surface area (Å²) in [5.74, 6) is -1.05. The summed E-state index contributed by atoms with van der Waals surface area (Å²) in [5, 5.41) is 9.63. The van der Waals surface area contributed by atoms with Crippen molar-refractivity contribution in [1.29, 1.82) is 0 Å². The van der Waals surface area contributed by atoms with E-state index in [4.69, 9.17) is 5.73 Å². The standard InChI is InChI=1S/C22H26FN7O/c1-25-18-7-2-3-8-19(18)28-22-17(23)12-16(20(24)31)21(29-22)27-14-5-4-6-15(11-14)30-10-9-26-13-30/h4-6,9-13,18-19,25H,2-3,7-8H2,1H3,(H2,24,31)(H2,27,28,29)/t18?,19-/m1/s1. The van der Waals surface area contributed by atoms with Crippen molar-refractivity contribution in [2.24, 2.45) is 5.73 Å². The largest absolute Gasteiger partial charge is 0.365 e. The van der Waals surface area contributed by atoms with Gasteiger partial charge in [-0.1, -0.05) is 18.9 Å². The van der Waals surface area contributed by atoms with Gasteiger partial charge in [0, 0.05) is 35.9 Å². The molecule has 5 N–H and O–H groups in total. The van der Waals surface area contributed by atoms with E-state index in [0.29, 0.717) is 5.69 Å². The van der Waals surface area contributed by atoms with Crippen molar-refractivity contribution in [1.82, 2.24) is 19.9 Å². The Morgan fingerprint density at radius 3 is 2.71 bits per heavy atom. The summed E-state index contributed by atoms with van der Waals surface area (Å²) in [6.07, 6.45) is 9.35. The van der Waals surface area contributed by atoms with E-state index in [1.807, 2.05) is 42.1 Å². The molecule has 2 atom stereocenters. The molecule has 31 heavy (non-hydrogen) atoms. The minimum atomic E-state index is -0.753. The first-order valence-corrected chi connectivity index (χ1v) is 10.3. The van der Waals surface area contributed by atoms with Crippen molar-refractivity contribution in [2.75, 3.05) is 17.7 Å². The van der Waals surface area contributed by atoms with E-state index in [9.17, 15) is 9.18 Å². The maximum absolute atomic E-state index is 14.8. The summed E-state index contributed by atoms with van der Waals surface area (Å²) in [4.78, 5) is 20.4. The number of imidazole rings is 1. The third-order valence-corrected chi connectivity index (χ3v) is 5.61. The zero-order valence-corrected chi connectivity index (χ0v) is 17.3. The van der Waals surface area contributed by atoms with Gasteiger partial charge in [0.25, 0.3) is 5.91 Å². The van der Waals surface area contributed by atoms with E-state index >= 15 is 0 Å². The van der Waals surface area contributed by atoms with Gasteiger partial charge in [0.05, 0.1) is 11.9 Å². The molecule has 0 bridgehead atoms. The van der Waals surface area contributed by atoms with E-state index < -0.39 is 11.7 Å². The minimum Gasteiger partial charge on any atom is -0.365 e. The number of nitrogens with one attached hydrogen (secondary N) is 3. The summed E-state index contributed by atoms with van der Waals surface area (Å²) < 4.78 is 16.6. The summed E-state index contributed by atoms with van der Waals surface area (Å²) >= 11 is 0. The normalized spacial score (nSPS) is 18.5. The fraction of sp³-hybridized carbons (Fsp3) is 0.318. The molecule has 8 nitrogen and oxygen atoms in total. The quantitative estimate of drug-likeness (QED) is 0.465. The lowest BCUT2D eigenvalue weighted by atomic mass is 9.90. The van der Waals surface area contributed by atoms with Gasteiger partial charge in [0.15, 0.2) is 11.6 Å². The second-order valence-corrected chi connectivity index (χ2v) is 7.65. The van der Waals surface area contributed by atoms with E-state index in [1.165, 1.54) is 0 Å². The van der Waals surface area contributed by atoms with Gasteiger partial charge in [0.1, 0.15) is 5.82 Å². The number of primary amides is 1. The van der Waals surface area contributed by atoms with Crippen LogP contribution in [-0.4, -0.2) is 39.6 Å². The van der Waals surface area contributed by atoms with Crippen LogP contribution in [0.2, 0.25) is 0 Å². The monoisotopic (exact) mass is 423 g/mol. The molecule has 1 saturated carbocycles. The average molecular weight is 423 g/mol. The molecule has 162 valence electrons. The smallest absolute Gasteiger partial charge is 0.252 e. The van der Waals surface area contributed by atoms with Crippen LogP contribution in [0.5, 0.6) is 0 Å². The van der Waals surface area contributed by atoms with Crippen LogP contribution >= 0.6 is 0 Å². The highest BCUT2D eigenvalue weighted by molar-refractivity contribution is 5.98. The number of nitrogens with zero attached hydrogens (tertiary/aromatic N) is 3. The van der Waals surface area contributed by atoms with Crippen LogP contribution in [0.25, 0.3) is 5.69 Å². The van der Waals surface area contributed by atoms with Gasteiger partial charge in [0.2, 0.25) is 0 Å². The topological polar surface area (TPSA) is 110 Å². The van der Waals surface area contributed by atoms with Crippen molar-refractivity contribution < 1.29 is 9.18 Å². The third-order valence-electron chi connectivity index (χ3n) is 5.61. The van der Waals surface area contributed by atoms with Crippen molar-refractivity contribution in [3.8, 4) is 5.69 Å². The molecule has 1 aliphatic carbocycles. The summed E-state index contributed by atoms with van der Waals surface area (Å²) in [7, 11) is 1.91. The maximum Gasteiger partial charge on any atom is 0.252 e. The number of amides is 1. The van der Waals surface area contributed by atoms with Crippen molar-refractivity contribution >= 4 is 23.2 Å². The summed E-state index contributed by atoms with van der Waals surface area (Å²) in [6.45, 7) is 0. The number of carbonyl (C=O) groups is 1. The predicted octanol–water partition coefficient (Wildman–Crippen LogP) is 3.19. The van der Waals surface area contributed by atoms with Crippen LogP contribution in [0.1, 0.15) is 36.0 Å². The molecule has 0 radical (unpaired) electrons. The SMILES string of the molecule is CNC1CCCC[C@H]1Nc1nc(Nc2cccc(-n3ccnc3)c2)c(C(N)=O)cc1F. The Labute approximate surface area is 180 Å². The van der Waals surface area contributed by atoms with Crippen LogP contribution < -0.4 is 21.7 Å². The first-order valence-electron chi connectivity index (χ1n) is 10.3. The number of pyridine rings is 1. The number of rotatable bonds is 7. The van der Waals surface area contributed by atoms with E-state index in [2.05, 4.69) is 25.9 Å². The molecule has 0 aliphatic heterocycles. The van der Waals surface area contributed by atoms with Gasteiger partial charge in [-0.3, -0.25) is 4.79 Å². The molecule has 1 unspecified atom stereocenters. The Hall–Kier alpha value is -3.46. The molecule has 2 heterocycles. The number of hydrogen-bond donors (Lipinski definition) is 4. The van der Waals surface area contributed by atoms with Gasteiger partial charge in [-0.05, 0) is 44.2 Å². The third kappa shape index (κ3) is 4.66. The number of aromatic nitrogens is 3. The highest BCUT2D eigenvalue weighted by atomic mass is 19.1. The van der Waals surface area contributed by atoms with E-state index in [-0.39, 0.29) is 29.3 Å². The van der Waals surface area contributed by atoms with Gasteiger partial charge in [-0.25, -0.2) is 14.4 Å². The number of carbonyl (C=O) groups excluding carboxylic acids is 1. The number of halogens is 1. The lowest BCUT2D eigenvalue weighted by Gasteiger charge is -2.32. The van der Waals surface area contributed by atoms with Crippen LogP contribution in [-0.2, 0) is 0 Å². The van der Waals surface area contributed by atoms with Crippen molar-refractivity contribution in [2.45, 2.75) is 37.8 Å². The molecule has 1 aromatic carbocycles. The molecule has 3 aromatic rings. The molecule has 1 fully saturated rings. The second kappa shape index (κ2) is 9.13. The first-order chi connectivity index (χ1) is 15.0. The number of likely N-dealkylation sites (N-methyl/N-ethyl adjacent to an activating group) is 1. The number of benzene rings is 1. The van der Waals surface area contributed by atoms with Crippen molar-refractivity contribution in [3.05, 3.63) is 60.4 Å². The molecule has 0 spiro atoms. The fourth-order valence-corrected chi connectivity index (χ4v) is 3.99. The summed E-state index contributed by atoms with van der Waals surface area (Å²) in [6, 6.07) is 8.92. The Morgan fingerprint density at radius 1 is 1.19 bits per heavy atom. The maximum atomic E-state index is 14.8. The fourth-order valence-electron chi connectivity index (χ4n) is 3.99. The molecule has 1 aliphatic rings. The number of hydrogen-bond acceptors (Lipinski definition) is 6. The van der Waals surface area contributed by atoms with Gasteiger partial charge >= 0.3 is 0 Å². The zero-order valence-electron chi connectivity index (χ0n) is 17.3. The molecule has 0 saturated heterocycles. The highest BCUT2D eigenvalue weighted by Crippen LogP contribution is 2.27.